The Bertz CT molecular complexity index is 569. The number of halogens is 2. The number of rotatable bonds is 5. The molecule has 0 aliphatic heterocycles. The van der Waals surface area contributed by atoms with E-state index in [2.05, 4.69) is 68.4 Å². The molecule has 0 radical (unpaired) electrons. The Morgan fingerprint density at radius 3 is 2.40 bits per heavy atom. The van der Waals surface area contributed by atoms with E-state index in [0.717, 1.165) is 20.9 Å². The second-order valence-corrected chi connectivity index (χ2v) is 6.72. The lowest BCUT2D eigenvalue weighted by molar-refractivity contribution is 0.458. The van der Waals surface area contributed by atoms with Crippen molar-refractivity contribution >= 4 is 31.9 Å². The van der Waals surface area contributed by atoms with E-state index in [4.69, 9.17) is 0 Å². The van der Waals surface area contributed by atoms with Gasteiger partial charge in [-0.1, -0.05) is 44.0 Å². The molecule has 0 aliphatic rings. The van der Waals surface area contributed by atoms with Crippen LogP contribution in [0.15, 0.2) is 51.4 Å². The molecule has 0 aliphatic carbocycles. The zero-order chi connectivity index (χ0) is 14.5. The van der Waals surface area contributed by atoms with Crippen molar-refractivity contribution in [2.45, 2.75) is 25.9 Å². The highest BCUT2D eigenvalue weighted by atomic mass is 79.9. The zero-order valence-electron chi connectivity index (χ0n) is 11.2. The average Bonchev–Trinajstić information content (AvgIpc) is 2.42. The molecule has 0 spiro atoms. The van der Waals surface area contributed by atoms with Crippen molar-refractivity contribution in [3.05, 3.63) is 62.5 Å². The van der Waals surface area contributed by atoms with Gasteiger partial charge in [-0.15, -0.1) is 0 Å². The van der Waals surface area contributed by atoms with Crippen LogP contribution in [0.5, 0.6) is 5.75 Å². The molecule has 2 aromatic carbocycles. The highest BCUT2D eigenvalue weighted by Gasteiger charge is 2.06. The maximum absolute atomic E-state index is 9.80. The summed E-state index contributed by atoms with van der Waals surface area (Å²) in [7, 11) is 0. The fourth-order valence-electron chi connectivity index (χ4n) is 2.03. The number of phenolic OH excluding ortho intramolecular Hbond substituents is 1. The summed E-state index contributed by atoms with van der Waals surface area (Å²) in [6.45, 7) is 2.81. The van der Waals surface area contributed by atoms with Gasteiger partial charge in [0.2, 0.25) is 0 Å². The lowest BCUT2D eigenvalue weighted by atomic mass is 10.1. The molecule has 0 fully saturated rings. The molecule has 2 N–H and O–H groups in total. The van der Waals surface area contributed by atoms with Crippen molar-refractivity contribution in [1.29, 1.82) is 0 Å². The van der Waals surface area contributed by atoms with Gasteiger partial charge in [0.05, 0.1) is 0 Å². The van der Waals surface area contributed by atoms with Gasteiger partial charge in [0.1, 0.15) is 5.75 Å². The number of benzene rings is 2. The standard InChI is InChI=1S/C16H17Br2NO/c1-11(8-12-2-4-14(17)5-3-12)19-10-13-9-15(18)6-7-16(13)20/h2-7,9,11,19-20H,8,10H2,1H3. The summed E-state index contributed by atoms with van der Waals surface area (Å²) < 4.78 is 2.08. The quantitative estimate of drug-likeness (QED) is 0.768. The summed E-state index contributed by atoms with van der Waals surface area (Å²) in [5.41, 5.74) is 2.20. The third-order valence-corrected chi connectivity index (χ3v) is 4.16. The topological polar surface area (TPSA) is 32.3 Å². The van der Waals surface area contributed by atoms with E-state index in [-0.39, 0.29) is 0 Å². The minimum absolute atomic E-state index is 0.330. The SMILES string of the molecule is CC(Cc1ccc(Br)cc1)NCc1cc(Br)ccc1O. The first-order valence-electron chi connectivity index (χ1n) is 6.50. The normalized spacial score (nSPS) is 12.3. The van der Waals surface area contributed by atoms with Crippen LogP contribution in [0.3, 0.4) is 0 Å². The molecule has 106 valence electrons. The van der Waals surface area contributed by atoms with E-state index >= 15 is 0 Å². The molecule has 0 saturated heterocycles. The first-order chi connectivity index (χ1) is 9.54. The van der Waals surface area contributed by atoms with Crippen LogP contribution >= 0.6 is 31.9 Å². The molecule has 1 atom stereocenters. The first kappa shape index (κ1) is 15.5. The Hall–Kier alpha value is -0.840. The fraction of sp³-hybridized carbons (Fsp3) is 0.250. The Morgan fingerprint density at radius 2 is 1.70 bits per heavy atom. The van der Waals surface area contributed by atoms with Gasteiger partial charge < -0.3 is 10.4 Å². The molecule has 0 heterocycles. The summed E-state index contributed by atoms with van der Waals surface area (Å²) >= 11 is 6.86. The van der Waals surface area contributed by atoms with Crippen LogP contribution in [0.2, 0.25) is 0 Å². The molecular weight excluding hydrogens is 382 g/mol. The minimum Gasteiger partial charge on any atom is -0.508 e. The second-order valence-electron chi connectivity index (χ2n) is 4.89. The van der Waals surface area contributed by atoms with Crippen molar-refractivity contribution in [1.82, 2.24) is 5.32 Å². The van der Waals surface area contributed by atoms with E-state index in [1.54, 1.807) is 6.07 Å². The van der Waals surface area contributed by atoms with Gasteiger partial charge in [-0.2, -0.15) is 0 Å². The predicted molar refractivity (Wildman–Crippen MR) is 90.0 cm³/mol. The van der Waals surface area contributed by atoms with E-state index in [0.29, 0.717) is 18.3 Å². The zero-order valence-corrected chi connectivity index (χ0v) is 14.4. The Labute approximate surface area is 136 Å². The number of phenols is 1. The van der Waals surface area contributed by atoms with Crippen LogP contribution in [0.25, 0.3) is 0 Å². The van der Waals surface area contributed by atoms with Gasteiger partial charge in [0.25, 0.3) is 0 Å². The molecule has 2 aromatic rings. The summed E-state index contributed by atoms with van der Waals surface area (Å²) in [4.78, 5) is 0. The summed E-state index contributed by atoms with van der Waals surface area (Å²) in [6.07, 6.45) is 0.960. The maximum Gasteiger partial charge on any atom is 0.120 e. The average molecular weight is 399 g/mol. The minimum atomic E-state index is 0.330. The van der Waals surface area contributed by atoms with Gasteiger partial charge in [0.15, 0.2) is 0 Å². The monoisotopic (exact) mass is 397 g/mol. The predicted octanol–water partition coefficient (Wildman–Crippen LogP) is 4.64. The number of nitrogens with one attached hydrogen (secondary N) is 1. The van der Waals surface area contributed by atoms with E-state index < -0.39 is 0 Å². The Morgan fingerprint density at radius 1 is 1.05 bits per heavy atom. The molecule has 0 amide bonds. The van der Waals surface area contributed by atoms with Crippen LogP contribution in [0, 0.1) is 0 Å². The van der Waals surface area contributed by atoms with Crippen LogP contribution < -0.4 is 5.32 Å². The van der Waals surface area contributed by atoms with Gasteiger partial charge in [-0.3, -0.25) is 0 Å². The summed E-state index contributed by atoms with van der Waals surface area (Å²) in [5.74, 6) is 0.330. The lowest BCUT2D eigenvalue weighted by Gasteiger charge is -2.15. The molecule has 0 aromatic heterocycles. The van der Waals surface area contributed by atoms with Crippen molar-refractivity contribution in [2.75, 3.05) is 0 Å². The second kappa shape index (κ2) is 7.25. The van der Waals surface area contributed by atoms with Crippen molar-refractivity contribution in [3.8, 4) is 5.75 Å². The van der Waals surface area contributed by atoms with Gasteiger partial charge >= 0.3 is 0 Å². The van der Waals surface area contributed by atoms with Crippen molar-refractivity contribution in [3.63, 3.8) is 0 Å². The molecule has 0 bridgehead atoms. The summed E-state index contributed by atoms with van der Waals surface area (Å²) in [5, 5.41) is 13.2. The molecule has 2 rings (SSSR count). The van der Waals surface area contributed by atoms with E-state index in [1.165, 1.54) is 5.56 Å². The van der Waals surface area contributed by atoms with Crippen LogP contribution in [-0.4, -0.2) is 11.1 Å². The molecule has 1 unspecified atom stereocenters. The van der Waals surface area contributed by atoms with Crippen LogP contribution in [-0.2, 0) is 13.0 Å². The number of hydrogen-bond acceptors (Lipinski definition) is 2. The van der Waals surface area contributed by atoms with Crippen LogP contribution in [0.4, 0.5) is 0 Å². The highest BCUT2D eigenvalue weighted by molar-refractivity contribution is 9.10. The first-order valence-corrected chi connectivity index (χ1v) is 8.08. The summed E-state index contributed by atoms with van der Waals surface area (Å²) in [6, 6.07) is 14.2. The number of aromatic hydroxyl groups is 1. The third-order valence-electron chi connectivity index (χ3n) is 3.14. The van der Waals surface area contributed by atoms with Gasteiger partial charge in [-0.25, -0.2) is 0 Å². The van der Waals surface area contributed by atoms with Crippen LogP contribution in [0.1, 0.15) is 18.1 Å². The van der Waals surface area contributed by atoms with E-state index in [9.17, 15) is 5.11 Å². The maximum atomic E-state index is 9.80. The fourth-order valence-corrected chi connectivity index (χ4v) is 2.70. The molecule has 20 heavy (non-hydrogen) atoms. The van der Waals surface area contributed by atoms with Gasteiger partial charge in [0, 0.05) is 27.1 Å². The van der Waals surface area contributed by atoms with Crippen molar-refractivity contribution < 1.29 is 5.11 Å². The highest BCUT2D eigenvalue weighted by Crippen LogP contribution is 2.21. The Kier molecular flexibility index (Phi) is 5.64. The third kappa shape index (κ3) is 4.62. The lowest BCUT2D eigenvalue weighted by Crippen LogP contribution is -2.27. The molecular formula is C16H17Br2NO. The molecule has 2 nitrogen and oxygen atoms in total. The van der Waals surface area contributed by atoms with Crippen molar-refractivity contribution in [2.24, 2.45) is 0 Å². The molecule has 4 heteroatoms. The number of hydrogen-bond donors (Lipinski definition) is 2. The largest absolute Gasteiger partial charge is 0.508 e. The van der Waals surface area contributed by atoms with E-state index in [1.807, 2.05) is 12.1 Å². The van der Waals surface area contributed by atoms with Gasteiger partial charge in [-0.05, 0) is 49.2 Å². The molecule has 0 saturated carbocycles. The smallest absolute Gasteiger partial charge is 0.120 e. The Balaban J connectivity index is 1.90.